The minimum absolute atomic E-state index is 0.0177. The Labute approximate surface area is 161 Å². The van der Waals surface area contributed by atoms with Gasteiger partial charge in [0.05, 0.1) is 13.0 Å². The Morgan fingerprint density at radius 1 is 1.26 bits per heavy atom. The number of amidine groups is 1. The number of nitrogens with two attached hydrogens (primary N) is 1. The van der Waals surface area contributed by atoms with Crippen molar-refractivity contribution >= 4 is 29.5 Å². The fourth-order valence-electron chi connectivity index (χ4n) is 2.52. The Kier molecular flexibility index (Phi) is 7.65. The third-order valence-electron chi connectivity index (χ3n) is 3.81. The van der Waals surface area contributed by atoms with Crippen LogP contribution in [0.3, 0.4) is 0 Å². The SMILES string of the molecule is NN1N(CCCCC(=O)O)N(C(=O)OCc2ccccc2)C(CCCl)=[N+]1[O-]. The molecule has 1 amide bonds. The Morgan fingerprint density at radius 3 is 2.59 bits per heavy atom. The number of halogens is 1. The van der Waals surface area contributed by atoms with Gasteiger partial charge in [0.15, 0.2) is 0 Å². The molecule has 0 bridgehead atoms. The highest BCUT2D eigenvalue weighted by atomic mass is 35.5. The number of carboxylic acids is 1. The third-order valence-corrected chi connectivity index (χ3v) is 4.00. The average Bonchev–Trinajstić information content (AvgIpc) is 2.89. The number of carbonyl (C=O) groups excluding carboxylic acids is 1. The average molecular weight is 400 g/mol. The first-order chi connectivity index (χ1) is 13.0. The molecule has 0 aromatic heterocycles. The second-order valence-corrected chi connectivity index (χ2v) is 6.13. The fraction of sp³-hybridized carbons (Fsp3) is 0.438. The van der Waals surface area contributed by atoms with Crippen LogP contribution in [0.15, 0.2) is 30.3 Å². The number of alkyl halides is 1. The molecule has 0 radical (unpaired) electrons. The lowest BCUT2D eigenvalue weighted by Gasteiger charge is -2.24. The van der Waals surface area contributed by atoms with Gasteiger partial charge in [0.25, 0.3) is 0 Å². The first-order valence-corrected chi connectivity index (χ1v) is 8.93. The van der Waals surface area contributed by atoms with Gasteiger partial charge in [-0.2, -0.15) is 10.6 Å². The summed E-state index contributed by atoms with van der Waals surface area (Å²) < 4.78 is 5.30. The minimum Gasteiger partial charge on any atom is -0.690 e. The van der Waals surface area contributed by atoms with Crippen LogP contribution in [-0.2, 0) is 16.1 Å². The highest BCUT2D eigenvalue weighted by Gasteiger charge is 2.46. The molecule has 1 aromatic carbocycles. The summed E-state index contributed by atoms with van der Waals surface area (Å²) in [5.74, 6) is 4.99. The number of hydrazine groups is 4. The third kappa shape index (κ3) is 5.46. The number of aliphatic carboxylic acids is 1. The first kappa shape index (κ1) is 20.7. The molecule has 0 unspecified atom stereocenters. The maximum absolute atomic E-state index is 12.6. The molecular formula is C16H22ClN5O5. The highest BCUT2D eigenvalue weighted by molar-refractivity contribution is 6.19. The van der Waals surface area contributed by atoms with E-state index in [1.54, 1.807) is 12.1 Å². The number of nitrogens with zero attached hydrogens (tertiary/aromatic N) is 4. The molecule has 1 aromatic rings. The van der Waals surface area contributed by atoms with Crippen LogP contribution in [0.4, 0.5) is 4.79 Å². The standard InChI is InChI=1S/C16H22ClN5O5/c17-10-9-14-20(16(25)27-12-13-6-2-1-3-7-13)19(22(18)21(14)26)11-5-4-8-15(23)24/h1-3,6-7H,4-5,8-12,18H2,(H,23,24). The number of amides is 1. The zero-order valence-corrected chi connectivity index (χ0v) is 15.4. The van der Waals surface area contributed by atoms with Gasteiger partial charge >= 0.3 is 17.9 Å². The van der Waals surface area contributed by atoms with Gasteiger partial charge in [0, 0.05) is 17.4 Å². The summed E-state index contributed by atoms with van der Waals surface area (Å²) in [6, 6.07) is 9.09. The molecule has 1 heterocycles. The molecule has 0 spiro atoms. The van der Waals surface area contributed by atoms with Gasteiger partial charge in [-0.25, -0.2) is 0 Å². The number of hydrogen-bond donors (Lipinski definition) is 2. The molecule has 1 aliphatic heterocycles. The number of benzene rings is 1. The van der Waals surface area contributed by atoms with E-state index in [4.69, 9.17) is 27.3 Å². The summed E-state index contributed by atoms with van der Waals surface area (Å²) in [6.45, 7) is 0.190. The number of hydrogen-bond acceptors (Lipinski definition) is 7. The van der Waals surface area contributed by atoms with Crippen molar-refractivity contribution in [1.82, 2.24) is 15.4 Å². The molecule has 148 valence electrons. The maximum atomic E-state index is 12.6. The van der Waals surface area contributed by atoms with Crippen LogP contribution in [0.25, 0.3) is 0 Å². The number of hydrazone groups is 1. The van der Waals surface area contributed by atoms with Crippen molar-refractivity contribution in [3.8, 4) is 0 Å². The Hall–Kier alpha value is -2.56. The Morgan fingerprint density at radius 2 is 1.96 bits per heavy atom. The van der Waals surface area contributed by atoms with Crippen molar-refractivity contribution in [2.75, 3.05) is 12.4 Å². The normalized spacial score (nSPS) is 14.7. The van der Waals surface area contributed by atoms with E-state index in [2.05, 4.69) is 0 Å². The second kappa shape index (κ2) is 9.95. The number of carbonyl (C=O) groups is 2. The van der Waals surface area contributed by atoms with E-state index in [0.29, 0.717) is 17.7 Å². The predicted octanol–water partition coefficient (Wildman–Crippen LogP) is 1.65. The van der Waals surface area contributed by atoms with Crippen molar-refractivity contribution in [3.05, 3.63) is 41.1 Å². The number of rotatable bonds is 9. The van der Waals surface area contributed by atoms with Gasteiger partial charge in [-0.1, -0.05) is 40.6 Å². The van der Waals surface area contributed by atoms with Crippen molar-refractivity contribution in [1.29, 1.82) is 0 Å². The molecular weight excluding hydrogens is 378 g/mol. The molecule has 1 aliphatic rings. The molecule has 0 fully saturated rings. The Bertz CT molecular complexity index is 687. The number of ether oxygens (including phenoxy) is 1. The monoisotopic (exact) mass is 399 g/mol. The van der Waals surface area contributed by atoms with Gasteiger partial charge in [0.1, 0.15) is 6.61 Å². The fourth-order valence-corrected chi connectivity index (χ4v) is 2.69. The number of carboxylic acid groups (broad SMARTS) is 1. The van der Waals surface area contributed by atoms with Crippen LogP contribution in [0.5, 0.6) is 0 Å². The van der Waals surface area contributed by atoms with Crippen LogP contribution in [0, 0.1) is 5.21 Å². The zero-order valence-electron chi connectivity index (χ0n) is 14.7. The van der Waals surface area contributed by atoms with E-state index in [0.717, 1.165) is 15.8 Å². The lowest BCUT2D eigenvalue weighted by Crippen LogP contribution is -2.54. The topological polar surface area (TPSA) is 125 Å². The second-order valence-electron chi connectivity index (χ2n) is 5.75. The molecule has 3 N–H and O–H groups in total. The van der Waals surface area contributed by atoms with E-state index in [1.165, 1.54) is 5.12 Å². The van der Waals surface area contributed by atoms with E-state index in [1.807, 2.05) is 18.2 Å². The molecule has 2 rings (SSSR count). The zero-order chi connectivity index (χ0) is 19.8. The quantitative estimate of drug-likeness (QED) is 0.211. The van der Waals surface area contributed by atoms with Crippen LogP contribution in [0.1, 0.15) is 31.2 Å². The van der Waals surface area contributed by atoms with Crippen molar-refractivity contribution < 1.29 is 24.3 Å². The van der Waals surface area contributed by atoms with E-state index in [-0.39, 0.29) is 37.7 Å². The summed E-state index contributed by atoms with van der Waals surface area (Å²) in [5.41, 5.74) is 0.792. The van der Waals surface area contributed by atoms with Crippen LogP contribution in [-0.4, -0.2) is 55.6 Å². The smallest absolute Gasteiger partial charge is 0.528 e. The molecule has 0 atom stereocenters. The number of unbranched alkanes of at least 4 members (excludes halogenated alkanes) is 1. The highest BCUT2D eigenvalue weighted by Crippen LogP contribution is 2.17. The summed E-state index contributed by atoms with van der Waals surface area (Å²) in [4.78, 5) is 23.6. The lowest BCUT2D eigenvalue weighted by molar-refractivity contribution is -0.674. The predicted molar refractivity (Wildman–Crippen MR) is 96.7 cm³/mol. The van der Waals surface area contributed by atoms with E-state index >= 15 is 0 Å². The summed E-state index contributed by atoms with van der Waals surface area (Å²) in [7, 11) is 0. The summed E-state index contributed by atoms with van der Waals surface area (Å²) in [5, 5.41) is 24.0. The molecule has 10 nitrogen and oxygen atoms in total. The van der Waals surface area contributed by atoms with Gasteiger partial charge in [-0.3, -0.25) is 4.79 Å². The van der Waals surface area contributed by atoms with Crippen LogP contribution in [0.2, 0.25) is 0 Å². The van der Waals surface area contributed by atoms with Crippen molar-refractivity contribution in [3.63, 3.8) is 0 Å². The van der Waals surface area contributed by atoms with E-state index in [9.17, 15) is 14.8 Å². The van der Waals surface area contributed by atoms with Gasteiger partial charge in [-0.15, -0.1) is 16.4 Å². The first-order valence-electron chi connectivity index (χ1n) is 8.39. The van der Waals surface area contributed by atoms with Crippen molar-refractivity contribution in [2.45, 2.75) is 32.3 Å². The minimum atomic E-state index is -0.917. The lowest BCUT2D eigenvalue weighted by atomic mass is 10.2. The van der Waals surface area contributed by atoms with Gasteiger partial charge in [0.2, 0.25) is 0 Å². The summed E-state index contributed by atoms with van der Waals surface area (Å²) >= 11 is 5.74. The van der Waals surface area contributed by atoms with Crippen LogP contribution < -0.4 is 5.84 Å². The van der Waals surface area contributed by atoms with Crippen molar-refractivity contribution in [2.24, 2.45) is 5.84 Å². The van der Waals surface area contributed by atoms with Gasteiger partial charge < -0.3 is 15.1 Å². The maximum Gasteiger partial charge on any atom is 0.528 e. The Balaban J connectivity index is 2.07. The molecule has 0 saturated carbocycles. The molecule has 11 heteroatoms. The van der Waals surface area contributed by atoms with Gasteiger partial charge in [-0.05, 0) is 18.4 Å². The molecule has 0 saturated heterocycles. The molecule has 0 aliphatic carbocycles. The summed E-state index contributed by atoms with van der Waals surface area (Å²) in [6.07, 6.45) is 0.0906. The molecule has 27 heavy (non-hydrogen) atoms. The van der Waals surface area contributed by atoms with E-state index < -0.39 is 12.1 Å². The van der Waals surface area contributed by atoms with Crippen LogP contribution >= 0.6 is 11.6 Å². The largest absolute Gasteiger partial charge is 0.690 e.